The summed E-state index contributed by atoms with van der Waals surface area (Å²) < 4.78 is 0. The molecule has 3 aromatic rings. The fourth-order valence-electron chi connectivity index (χ4n) is 2.19. The highest BCUT2D eigenvalue weighted by Crippen LogP contribution is 2.25. The smallest absolute Gasteiger partial charge is 0.268 e. The van der Waals surface area contributed by atoms with Gasteiger partial charge in [0.25, 0.3) is 5.91 Å². The van der Waals surface area contributed by atoms with Crippen LogP contribution in [-0.2, 0) is 11.2 Å². The zero-order valence-electron chi connectivity index (χ0n) is 13.5. The molecule has 4 nitrogen and oxygen atoms in total. The molecule has 0 bridgehead atoms. The third-order valence-electron chi connectivity index (χ3n) is 3.48. The van der Waals surface area contributed by atoms with Crippen LogP contribution in [0.2, 0.25) is 0 Å². The van der Waals surface area contributed by atoms with E-state index in [1.165, 1.54) is 16.2 Å². The number of hydrogen-bond acceptors (Lipinski definition) is 5. The second-order valence-electron chi connectivity index (χ2n) is 5.19. The topological polar surface area (TPSA) is 65.8 Å². The van der Waals surface area contributed by atoms with Gasteiger partial charge < -0.3 is 0 Å². The minimum Gasteiger partial charge on any atom is -0.297 e. The second kappa shape index (κ2) is 7.88. The van der Waals surface area contributed by atoms with Crippen LogP contribution in [0.3, 0.4) is 0 Å². The summed E-state index contributed by atoms with van der Waals surface area (Å²) >= 11 is 2.92. The van der Waals surface area contributed by atoms with E-state index in [4.69, 9.17) is 0 Å². The Labute approximate surface area is 154 Å². The van der Waals surface area contributed by atoms with Gasteiger partial charge in [0.05, 0.1) is 5.69 Å². The SMILES string of the molecule is CCc1ccc(C=C(C#N)C(=O)Nc2nc(-c3ccccc3)cs2)s1. The van der Waals surface area contributed by atoms with E-state index in [0.717, 1.165) is 22.6 Å². The minimum atomic E-state index is -0.442. The predicted molar refractivity (Wildman–Crippen MR) is 103 cm³/mol. The molecule has 0 aliphatic heterocycles. The summed E-state index contributed by atoms with van der Waals surface area (Å²) in [5.74, 6) is -0.442. The molecule has 0 aliphatic carbocycles. The lowest BCUT2D eigenvalue weighted by molar-refractivity contribution is -0.112. The molecule has 0 saturated carbocycles. The van der Waals surface area contributed by atoms with Gasteiger partial charge in [-0.25, -0.2) is 4.98 Å². The Bertz CT molecular complexity index is 948. The second-order valence-corrected chi connectivity index (χ2v) is 7.24. The van der Waals surface area contributed by atoms with Crippen LogP contribution in [-0.4, -0.2) is 10.9 Å². The van der Waals surface area contributed by atoms with Gasteiger partial charge in [-0.2, -0.15) is 5.26 Å². The van der Waals surface area contributed by atoms with Gasteiger partial charge in [0, 0.05) is 20.7 Å². The molecule has 0 radical (unpaired) electrons. The van der Waals surface area contributed by atoms with E-state index in [9.17, 15) is 10.1 Å². The molecule has 1 amide bonds. The first-order valence-electron chi connectivity index (χ1n) is 7.72. The lowest BCUT2D eigenvalue weighted by Gasteiger charge is -1.99. The summed E-state index contributed by atoms with van der Waals surface area (Å²) in [5.41, 5.74) is 1.86. The molecule has 0 spiro atoms. The van der Waals surface area contributed by atoms with Crippen molar-refractivity contribution >= 4 is 39.8 Å². The summed E-state index contributed by atoms with van der Waals surface area (Å²) in [6.45, 7) is 2.07. The molecule has 2 aromatic heterocycles. The van der Waals surface area contributed by atoms with Gasteiger partial charge in [-0.05, 0) is 24.6 Å². The van der Waals surface area contributed by atoms with Crippen LogP contribution >= 0.6 is 22.7 Å². The molecule has 1 aromatic carbocycles. The zero-order chi connectivity index (χ0) is 17.6. The first kappa shape index (κ1) is 17.1. The standard InChI is InChI=1S/C19H15N3OS2/c1-2-15-8-9-16(25-15)10-14(11-20)18(23)22-19-21-17(12-24-19)13-6-4-3-5-7-13/h3-10,12H,2H2,1H3,(H,21,22,23). The largest absolute Gasteiger partial charge is 0.297 e. The number of nitriles is 1. The summed E-state index contributed by atoms with van der Waals surface area (Å²) in [4.78, 5) is 18.9. The number of carbonyl (C=O) groups excluding carboxylic acids is 1. The highest BCUT2D eigenvalue weighted by Gasteiger charge is 2.13. The maximum absolute atomic E-state index is 12.3. The maximum atomic E-state index is 12.3. The van der Waals surface area contributed by atoms with Crippen molar-refractivity contribution in [3.05, 3.63) is 63.2 Å². The van der Waals surface area contributed by atoms with Gasteiger partial charge in [-0.3, -0.25) is 10.1 Å². The number of thiophene rings is 1. The van der Waals surface area contributed by atoms with Crippen LogP contribution in [0.4, 0.5) is 5.13 Å². The fraction of sp³-hybridized carbons (Fsp3) is 0.105. The van der Waals surface area contributed by atoms with Crippen LogP contribution in [0.25, 0.3) is 17.3 Å². The Hall–Kier alpha value is -2.75. The highest BCUT2D eigenvalue weighted by molar-refractivity contribution is 7.14. The van der Waals surface area contributed by atoms with Gasteiger partial charge in [0.1, 0.15) is 11.6 Å². The Morgan fingerprint density at radius 3 is 2.76 bits per heavy atom. The number of carbonyl (C=O) groups is 1. The van der Waals surface area contributed by atoms with Crippen LogP contribution in [0.1, 0.15) is 16.7 Å². The summed E-state index contributed by atoms with van der Waals surface area (Å²) in [5, 5.41) is 14.4. The van der Waals surface area contributed by atoms with Crippen molar-refractivity contribution in [1.82, 2.24) is 4.98 Å². The van der Waals surface area contributed by atoms with Gasteiger partial charge in [0.2, 0.25) is 0 Å². The summed E-state index contributed by atoms with van der Waals surface area (Å²) in [6.07, 6.45) is 2.55. The molecule has 3 rings (SSSR count). The van der Waals surface area contributed by atoms with Crippen molar-refractivity contribution in [2.75, 3.05) is 5.32 Å². The quantitative estimate of drug-likeness (QED) is 0.512. The number of rotatable bonds is 5. The molecule has 0 saturated heterocycles. The van der Waals surface area contributed by atoms with E-state index in [1.54, 1.807) is 17.4 Å². The van der Waals surface area contributed by atoms with Crippen LogP contribution in [0, 0.1) is 11.3 Å². The van der Waals surface area contributed by atoms with Crippen LogP contribution in [0.5, 0.6) is 0 Å². The average Bonchev–Trinajstić information content (AvgIpc) is 3.29. The van der Waals surface area contributed by atoms with Gasteiger partial charge in [0.15, 0.2) is 5.13 Å². The molecule has 0 aliphatic rings. The van der Waals surface area contributed by atoms with Crippen LogP contribution in [0.15, 0.2) is 53.4 Å². The number of benzene rings is 1. The molecule has 25 heavy (non-hydrogen) atoms. The molecule has 0 atom stereocenters. The fourth-order valence-corrected chi connectivity index (χ4v) is 3.80. The zero-order valence-corrected chi connectivity index (χ0v) is 15.2. The lowest BCUT2D eigenvalue weighted by atomic mass is 10.2. The molecular weight excluding hydrogens is 350 g/mol. The van der Waals surface area contributed by atoms with Crippen LogP contribution < -0.4 is 5.32 Å². The Morgan fingerprint density at radius 1 is 1.28 bits per heavy atom. The van der Waals surface area contributed by atoms with Gasteiger partial charge in [-0.1, -0.05) is 37.3 Å². The highest BCUT2D eigenvalue weighted by atomic mass is 32.1. The lowest BCUT2D eigenvalue weighted by Crippen LogP contribution is -2.13. The number of amides is 1. The Balaban J connectivity index is 1.74. The molecule has 6 heteroatoms. The summed E-state index contributed by atoms with van der Waals surface area (Å²) in [7, 11) is 0. The molecular formula is C19H15N3OS2. The van der Waals surface area contributed by atoms with E-state index in [0.29, 0.717) is 5.13 Å². The van der Waals surface area contributed by atoms with E-state index >= 15 is 0 Å². The average molecular weight is 365 g/mol. The van der Waals surface area contributed by atoms with E-state index in [1.807, 2.05) is 53.9 Å². The van der Waals surface area contributed by atoms with Crippen molar-refractivity contribution in [1.29, 1.82) is 5.26 Å². The first-order chi connectivity index (χ1) is 12.2. The molecule has 1 N–H and O–H groups in total. The third kappa shape index (κ3) is 4.21. The van der Waals surface area contributed by atoms with Gasteiger partial charge >= 0.3 is 0 Å². The minimum absolute atomic E-state index is 0.0703. The number of aryl methyl sites for hydroxylation is 1. The van der Waals surface area contributed by atoms with Gasteiger partial charge in [-0.15, -0.1) is 22.7 Å². The Kier molecular flexibility index (Phi) is 5.39. The first-order valence-corrected chi connectivity index (χ1v) is 9.42. The molecule has 2 heterocycles. The molecule has 124 valence electrons. The van der Waals surface area contributed by atoms with Crippen molar-refractivity contribution < 1.29 is 4.79 Å². The number of thiazole rings is 1. The number of nitrogens with one attached hydrogen (secondary N) is 1. The van der Waals surface area contributed by atoms with Crippen molar-refractivity contribution in [3.63, 3.8) is 0 Å². The predicted octanol–water partition coefficient (Wildman–Crippen LogP) is 4.98. The maximum Gasteiger partial charge on any atom is 0.268 e. The number of nitrogens with zero attached hydrogens (tertiary/aromatic N) is 2. The number of anilines is 1. The normalized spacial score (nSPS) is 11.1. The van der Waals surface area contributed by atoms with E-state index < -0.39 is 5.91 Å². The summed E-state index contributed by atoms with van der Waals surface area (Å²) in [6, 6.07) is 15.6. The number of aromatic nitrogens is 1. The molecule has 0 unspecified atom stereocenters. The van der Waals surface area contributed by atoms with Crippen molar-refractivity contribution in [2.24, 2.45) is 0 Å². The van der Waals surface area contributed by atoms with Crippen molar-refractivity contribution in [2.45, 2.75) is 13.3 Å². The van der Waals surface area contributed by atoms with E-state index in [-0.39, 0.29) is 5.57 Å². The van der Waals surface area contributed by atoms with Crippen molar-refractivity contribution in [3.8, 4) is 17.3 Å². The molecule has 0 fully saturated rings. The monoisotopic (exact) mass is 365 g/mol. The van der Waals surface area contributed by atoms with E-state index in [2.05, 4.69) is 17.2 Å². The number of hydrogen-bond donors (Lipinski definition) is 1. The third-order valence-corrected chi connectivity index (χ3v) is 5.41. The Morgan fingerprint density at radius 2 is 2.08 bits per heavy atom.